The minimum absolute atomic E-state index is 0. The van der Waals surface area contributed by atoms with Gasteiger partial charge in [0.1, 0.15) is 24.7 Å². The van der Waals surface area contributed by atoms with Crippen molar-refractivity contribution in [3.8, 4) is 0 Å². The molecule has 2 heterocycles. The summed E-state index contributed by atoms with van der Waals surface area (Å²) in [7, 11) is -3.93. The van der Waals surface area contributed by atoms with Gasteiger partial charge in [-0.2, -0.15) is 12.7 Å². The van der Waals surface area contributed by atoms with Crippen LogP contribution in [0.3, 0.4) is 0 Å². The molecule has 1 aliphatic heterocycles. The molecular weight excluding hydrogens is 479 g/mol. The number of nitrogens with two attached hydrogens (primary N) is 1. The molecule has 0 aromatic carbocycles. The van der Waals surface area contributed by atoms with Crippen molar-refractivity contribution in [2.75, 3.05) is 18.3 Å². The van der Waals surface area contributed by atoms with E-state index in [1.54, 1.807) is 0 Å². The van der Waals surface area contributed by atoms with E-state index in [9.17, 15) is 27.6 Å². The number of alkyl halides is 1. The Morgan fingerprint density at radius 2 is 2.10 bits per heavy atom. The summed E-state index contributed by atoms with van der Waals surface area (Å²) in [5.41, 5.74) is 4.54. The fourth-order valence-corrected chi connectivity index (χ4v) is 3.87. The van der Waals surface area contributed by atoms with E-state index in [0.717, 1.165) is 18.4 Å². The van der Waals surface area contributed by atoms with Crippen molar-refractivity contribution in [2.45, 2.75) is 12.1 Å². The molecule has 160 valence electrons. The molecule has 2 atom stereocenters. The number of amides is 4. The topological polar surface area (TPSA) is 210 Å². The number of oxime groups is 1. The van der Waals surface area contributed by atoms with E-state index in [1.165, 1.54) is 5.38 Å². The Labute approximate surface area is 200 Å². The molecule has 0 bridgehead atoms. The number of nitrogens with zero attached hydrogens (tertiary/aromatic N) is 3. The Bertz CT molecular complexity index is 999. The van der Waals surface area contributed by atoms with Crippen molar-refractivity contribution in [1.82, 2.24) is 14.6 Å². The molecule has 30 heavy (non-hydrogen) atoms. The summed E-state index contributed by atoms with van der Waals surface area (Å²) < 4.78 is 31.2. The molecular formula is C12H14ClN6NaO8S2. The average molecular weight is 493 g/mol. The Hall–Kier alpha value is -1.82. The maximum atomic E-state index is 12.5. The molecule has 0 radical (unpaired) electrons. The maximum absolute atomic E-state index is 12.5. The molecule has 2 rings (SSSR count). The molecule has 1 aromatic rings. The zero-order valence-corrected chi connectivity index (χ0v) is 16.7. The summed E-state index contributed by atoms with van der Waals surface area (Å²) >= 11 is 6.30. The van der Waals surface area contributed by atoms with Gasteiger partial charge in [-0.15, -0.1) is 22.9 Å². The Morgan fingerprint density at radius 1 is 1.47 bits per heavy atom. The first kappa shape index (κ1) is 26.2. The number of β-lactam (4-membered cyclic amide) rings is 1. The summed E-state index contributed by atoms with van der Waals surface area (Å²) in [6, 6.07) is -3.50. The van der Waals surface area contributed by atoms with Crippen molar-refractivity contribution < 1.29 is 37.0 Å². The molecule has 0 aliphatic carbocycles. The van der Waals surface area contributed by atoms with Gasteiger partial charge in [0, 0.05) is 5.38 Å². The number of anilines is 1. The Balaban J connectivity index is 0.00000450. The van der Waals surface area contributed by atoms with E-state index < -0.39 is 51.7 Å². The van der Waals surface area contributed by atoms with E-state index >= 15 is 0 Å². The molecule has 0 saturated carbocycles. The monoisotopic (exact) mass is 492 g/mol. The van der Waals surface area contributed by atoms with E-state index in [2.05, 4.69) is 25.6 Å². The van der Waals surface area contributed by atoms with Gasteiger partial charge in [-0.1, -0.05) is 5.16 Å². The second kappa shape index (κ2) is 10.5. The van der Waals surface area contributed by atoms with Crippen LogP contribution in [-0.2, 0) is 34.3 Å². The number of aromatic nitrogens is 1. The van der Waals surface area contributed by atoms with Gasteiger partial charge in [-0.05, 0) is 0 Å². The Kier molecular flexibility index (Phi) is 9.15. The summed E-state index contributed by atoms with van der Waals surface area (Å²) in [4.78, 5) is 55.7. The fraction of sp³-hybridized carbons (Fsp3) is 0.333. The van der Waals surface area contributed by atoms with Gasteiger partial charge in [0.15, 0.2) is 16.9 Å². The third-order valence-electron chi connectivity index (χ3n) is 3.39. The van der Waals surface area contributed by atoms with E-state index in [1.807, 2.05) is 0 Å². The van der Waals surface area contributed by atoms with Crippen LogP contribution in [0, 0.1) is 0 Å². The number of hydrogen-bond donors (Lipinski definition) is 4. The molecule has 1 aliphatic rings. The molecule has 1 saturated heterocycles. The number of carbonyl (C=O) groups excluding carboxylic acids is 4. The van der Waals surface area contributed by atoms with Crippen LogP contribution in [-0.4, -0.2) is 106 Å². The molecule has 5 N–H and O–H groups in total. The van der Waals surface area contributed by atoms with Gasteiger partial charge >= 0.3 is 39.9 Å². The summed E-state index contributed by atoms with van der Waals surface area (Å²) in [5, 5.41) is 9.35. The molecule has 4 amide bonds. The average Bonchev–Trinajstić information content (AvgIpc) is 3.07. The molecule has 18 heteroatoms. The molecule has 2 unspecified atom stereocenters. The van der Waals surface area contributed by atoms with Crippen LogP contribution >= 0.6 is 22.9 Å². The summed E-state index contributed by atoms with van der Waals surface area (Å²) in [6.07, 6.45) is 0. The van der Waals surface area contributed by atoms with Gasteiger partial charge in [-0.3, -0.25) is 23.7 Å². The SMILES string of the molecule is CO/N=C(\C(=O)NC1C(=O)N(S(=O)(=O)O)C1C(N)=O)c1csc(NC(=O)CCl)n1.[NaH]. The van der Waals surface area contributed by atoms with Crippen molar-refractivity contribution in [1.29, 1.82) is 0 Å². The standard InChI is InChI=1S/C12H13ClN6O8S2.Na.H/c1-27-18-6(4-3-28-12(15-4)16-5(20)2-13)10(22)17-7-8(9(14)21)19(11(7)23)29(24,25)26;;/h3,7-8H,2H2,1H3,(H2,14,21)(H,17,22)(H,15,16,20)(H,24,25,26);;/b18-6-;;. The van der Waals surface area contributed by atoms with Gasteiger partial charge in [0.2, 0.25) is 11.8 Å². The predicted octanol–water partition coefficient (Wildman–Crippen LogP) is -2.99. The fourth-order valence-electron chi connectivity index (χ4n) is 2.24. The van der Waals surface area contributed by atoms with Crippen molar-refractivity contribution in [2.24, 2.45) is 10.9 Å². The third kappa shape index (κ3) is 5.65. The number of primary amides is 1. The summed E-state index contributed by atoms with van der Waals surface area (Å²) in [6.45, 7) is 0. The zero-order valence-electron chi connectivity index (χ0n) is 14.4. The van der Waals surface area contributed by atoms with Crippen molar-refractivity contribution in [3.63, 3.8) is 0 Å². The van der Waals surface area contributed by atoms with Crippen LogP contribution in [0.2, 0.25) is 0 Å². The van der Waals surface area contributed by atoms with Crippen LogP contribution < -0.4 is 16.4 Å². The van der Waals surface area contributed by atoms with E-state index in [-0.39, 0.29) is 50.6 Å². The normalized spacial score (nSPS) is 18.7. The van der Waals surface area contributed by atoms with Crippen LogP contribution in [0.1, 0.15) is 5.69 Å². The van der Waals surface area contributed by atoms with Crippen molar-refractivity contribution in [3.05, 3.63) is 11.1 Å². The predicted molar refractivity (Wildman–Crippen MR) is 105 cm³/mol. The van der Waals surface area contributed by atoms with Gasteiger partial charge in [0.05, 0.1) is 0 Å². The first-order valence-corrected chi connectivity index (χ1v) is 10.2. The molecule has 1 fully saturated rings. The molecule has 14 nitrogen and oxygen atoms in total. The number of nitrogens with one attached hydrogen (secondary N) is 2. The number of carbonyl (C=O) groups is 4. The van der Waals surface area contributed by atoms with Crippen LogP contribution in [0.5, 0.6) is 0 Å². The number of rotatable bonds is 8. The summed E-state index contributed by atoms with van der Waals surface area (Å²) in [5.74, 6) is -4.49. The Morgan fingerprint density at radius 3 is 2.60 bits per heavy atom. The van der Waals surface area contributed by atoms with Crippen LogP contribution in [0.4, 0.5) is 5.13 Å². The first-order chi connectivity index (χ1) is 13.5. The van der Waals surface area contributed by atoms with Gasteiger partial charge in [-0.25, -0.2) is 4.98 Å². The van der Waals surface area contributed by atoms with E-state index in [4.69, 9.17) is 21.9 Å². The van der Waals surface area contributed by atoms with Gasteiger partial charge in [0.25, 0.3) is 11.8 Å². The number of thiazole rings is 1. The zero-order chi connectivity index (χ0) is 21.9. The number of hydrogen-bond acceptors (Lipinski definition) is 10. The second-order valence-corrected chi connectivity index (χ2v) is 7.67. The molecule has 1 aromatic heterocycles. The second-order valence-electron chi connectivity index (χ2n) is 5.25. The quantitative estimate of drug-likeness (QED) is 0.0726. The number of halogens is 1. The molecule has 0 spiro atoms. The van der Waals surface area contributed by atoms with Crippen LogP contribution in [0.25, 0.3) is 0 Å². The van der Waals surface area contributed by atoms with Crippen molar-refractivity contribution >= 4 is 97.3 Å². The van der Waals surface area contributed by atoms with Gasteiger partial charge < -0.3 is 21.2 Å². The third-order valence-corrected chi connectivity index (χ3v) is 5.30. The minimum atomic E-state index is -5.06. The van der Waals surface area contributed by atoms with E-state index in [0.29, 0.717) is 0 Å². The van der Waals surface area contributed by atoms with Crippen LogP contribution in [0.15, 0.2) is 10.5 Å². The first-order valence-electron chi connectivity index (χ1n) is 7.35.